The molecule has 0 aliphatic carbocycles. The molecule has 1 aromatic carbocycles. The molecule has 2 radical (unpaired) electrons. The molecule has 1 aliphatic rings. The zero-order chi connectivity index (χ0) is 9.97. The fourth-order valence-electron chi connectivity index (χ4n) is 1.72. The molecule has 0 saturated carbocycles. The Morgan fingerprint density at radius 1 is 1.50 bits per heavy atom. The summed E-state index contributed by atoms with van der Waals surface area (Å²) < 4.78 is 5.48. The highest BCUT2D eigenvalue weighted by Gasteiger charge is 2.12. The summed E-state index contributed by atoms with van der Waals surface area (Å²) in [6, 6.07) is 5.79. The minimum absolute atomic E-state index is 0.264. The first-order valence-corrected chi connectivity index (χ1v) is 4.95. The average Bonchev–Trinajstić information content (AvgIpc) is 2.27. The maximum atomic E-state index is 9.57. The van der Waals surface area contributed by atoms with Gasteiger partial charge in [0.1, 0.15) is 5.75 Å². The molecule has 1 unspecified atom stereocenters. The van der Waals surface area contributed by atoms with Gasteiger partial charge >= 0.3 is 0 Å². The molecule has 1 N–H and O–H groups in total. The van der Waals surface area contributed by atoms with Gasteiger partial charge in [0.25, 0.3) is 0 Å². The second kappa shape index (κ2) is 4.05. The number of hydrogen-bond donors (Lipinski definition) is 1. The number of fused-ring (bicyclic) bond motifs is 1. The molecule has 1 aromatic rings. The maximum Gasteiger partial charge on any atom is 0.122 e. The summed E-state index contributed by atoms with van der Waals surface area (Å²) in [5, 5.41) is 9.57. The third-order valence-corrected chi connectivity index (χ3v) is 2.54. The van der Waals surface area contributed by atoms with Crippen molar-refractivity contribution in [2.24, 2.45) is 0 Å². The van der Waals surface area contributed by atoms with Gasteiger partial charge in [-0.05, 0) is 36.1 Å². The number of benzene rings is 1. The molecule has 1 heterocycles. The number of aliphatic hydroxyl groups excluding tert-OH is 1. The van der Waals surface area contributed by atoms with Crippen LogP contribution in [0.5, 0.6) is 5.75 Å². The van der Waals surface area contributed by atoms with Gasteiger partial charge in [0, 0.05) is 0 Å². The first-order chi connectivity index (χ1) is 6.81. The second-order valence-corrected chi connectivity index (χ2v) is 3.57. The molecule has 14 heavy (non-hydrogen) atoms. The van der Waals surface area contributed by atoms with Crippen molar-refractivity contribution in [1.82, 2.24) is 0 Å². The Hall–Kier alpha value is -0.955. The summed E-state index contributed by atoms with van der Waals surface area (Å²) in [6.07, 6.45) is 1.79. The molecule has 1 atom stereocenters. The van der Waals surface area contributed by atoms with Crippen molar-refractivity contribution < 1.29 is 9.84 Å². The van der Waals surface area contributed by atoms with E-state index in [0.717, 1.165) is 30.8 Å². The molecular weight excluding hydrogens is 175 g/mol. The monoisotopic (exact) mass is 188 g/mol. The SMILES string of the molecule is [B]CC(O)c1ccc2c(c1)CCCO2. The smallest absolute Gasteiger partial charge is 0.122 e. The molecule has 0 fully saturated rings. The topological polar surface area (TPSA) is 29.5 Å². The van der Waals surface area contributed by atoms with Crippen molar-refractivity contribution in [1.29, 1.82) is 0 Å². The number of aliphatic hydroxyl groups is 1. The summed E-state index contributed by atoms with van der Waals surface area (Å²) in [4.78, 5) is 0. The Morgan fingerprint density at radius 3 is 3.14 bits per heavy atom. The molecule has 0 aromatic heterocycles. The van der Waals surface area contributed by atoms with Gasteiger partial charge in [-0.2, -0.15) is 0 Å². The van der Waals surface area contributed by atoms with E-state index in [1.54, 1.807) is 0 Å². The van der Waals surface area contributed by atoms with Crippen LogP contribution in [-0.4, -0.2) is 19.6 Å². The van der Waals surface area contributed by atoms with Crippen LogP contribution >= 0.6 is 0 Å². The van der Waals surface area contributed by atoms with Crippen LogP contribution in [0.25, 0.3) is 0 Å². The second-order valence-electron chi connectivity index (χ2n) is 3.57. The maximum absolute atomic E-state index is 9.57. The van der Waals surface area contributed by atoms with Crippen molar-refractivity contribution >= 4 is 7.85 Å². The van der Waals surface area contributed by atoms with E-state index in [4.69, 9.17) is 12.6 Å². The van der Waals surface area contributed by atoms with E-state index < -0.39 is 6.10 Å². The fourth-order valence-corrected chi connectivity index (χ4v) is 1.72. The van der Waals surface area contributed by atoms with E-state index in [9.17, 15) is 5.11 Å². The normalized spacial score (nSPS) is 16.9. The van der Waals surface area contributed by atoms with E-state index in [1.165, 1.54) is 5.56 Å². The Kier molecular flexibility index (Phi) is 2.78. The van der Waals surface area contributed by atoms with Crippen LogP contribution in [0.2, 0.25) is 6.32 Å². The lowest BCUT2D eigenvalue weighted by atomic mass is 9.92. The molecule has 0 bridgehead atoms. The Labute approximate surface area is 85.3 Å². The first kappa shape index (κ1) is 9.59. The standard InChI is InChI=1S/C11H13BO2/c12-7-10(13)8-3-4-11-9(6-8)2-1-5-14-11/h3-4,6,10,13H,1-2,5,7H2. The number of hydrogen-bond acceptors (Lipinski definition) is 2. The summed E-state index contributed by atoms with van der Waals surface area (Å²) in [5.41, 5.74) is 2.07. The highest BCUT2D eigenvalue weighted by atomic mass is 16.5. The van der Waals surface area contributed by atoms with Crippen LogP contribution in [0.15, 0.2) is 18.2 Å². The zero-order valence-electron chi connectivity index (χ0n) is 8.07. The van der Waals surface area contributed by atoms with Crippen molar-refractivity contribution in [3.63, 3.8) is 0 Å². The molecule has 3 heteroatoms. The van der Waals surface area contributed by atoms with E-state index in [0.29, 0.717) is 0 Å². The summed E-state index contributed by atoms with van der Waals surface area (Å²) in [6.45, 7) is 0.797. The molecule has 72 valence electrons. The molecule has 0 saturated heterocycles. The van der Waals surface area contributed by atoms with E-state index in [2.05, 4.69) is 0 Å². The lowest BCUT2D eigenvalue weighted by Crippen LogP contribution is -2.09. The van der Waals surface area contributed by atoms with Gasteiger partial charge in [0.05, 0.1) is 20.6 Å². The third kappa shape index (κ3) is 1.78. The van der Waals surface area contributed by atoms with Crippen LogP contribution in [0.3, 0.4) is 0 Å². The minimum Gasteiger partial charge on any atom is -0.493 e. The highest BCUT2D eigenvalue weighted by Crippen LogP contribution is 2.28. The molecule has 2 rings (SSSR count). The third-order valence-electron chi connectivity index (χ3n) is 2.54. The van der Waals surface area contributed by atoms with Gasteiger partial charge in [0.2, 0.25) is 0 Å². The summed E-state index contributed by atoms with van der Waals surface area (Å²) in [5.74, 6) is 0.948. The predicted molar refractivity (Wildman–Crippen MR) is 55.8 cm³/mol. The lowest BCUT2D eigenvalue weighted by molar-refractivity contribution is 0.199. The average molecular weight is 188 g/mol. The van der Waals surface area contributed by atoms with Crippen molar-refractivity contribution in [2.45, 2.75) is 25.3 Å². The van der Waals surface area contributed by atoms with Crippen molar-refractivity contribution in [3.05, 3.63) is 29.3 Å². The van der Waals surface area contributed by atoms with E-state index in [-0.39, 0.29) is 6.32 Å². The molecule has 2 nitrogen and oxygen atoms in total. The van der Waals surface area contributed by atoms with Crippen molar-refractivity contribution in [3.8, 4) is 5.75 Å². The lowest BCUT2D eigenvalue weighted by Gasteiger charge is -2.19. The van der Waals surface area contributed by atoms with Gasteiger partial charge in [-0.3, -0.25) is 0 Å². The Morgan fingerprint density at radius 2 is 2.36 bits per heavy atom. The van der Waals surface area contributed by atoms with Crippen LogP contribution in [0, 0.1) is 0 Å². The zero-order valence-corrected chi connectivity index (χ0v) is 8.07. The predicted octanol–water partition coefficient (Wildman–Crippen LogP) is 1.63. The summed E-state index contributed by atoms with van der Waals surface area (Å²) >= 11 is 0. The van der Waals surface area contributed by atoms with Gasteiger partial charge < -0.3 is 9.84 Å². The van der Waals surface area contributed by atoms with Gasteiger partial charge in [0.15, 0.2) is 0 Å². The molecule has 0 spiro atoms. The fraction of sp³-hybridized carbons (Fsp3) is 0.455. The highest BCUT2D eigenvalue weighted by molar-refractivity contribution is 6.08. The van der Waals surface area contributed by atoms with Gasteiger partial charge in [-0.1, -0.05) is 12.4 Å². The minimum atomic E-state index is -0.553. The molecule has 0 amide bonds. The Bertz CT molecular complexity index is 325. The molecule has 1 aliphatic heterocycles. The van der Waals surface area contributed by atoms with Crippen LogP contribution < -0.4 is 4.74 Å². The number of ether oxygens (including phenoxy) is 1. The van der Waals surface area contributed by atoms with Gasteiger partial charge in [-0.25, -0.2) is 0 Å². The van der Waals surface area contributed by atoms with Crippen LogP contribution in [0.1, 0.15) is 23.7 Å². The van der Waals surface area contributed by atoms with Gasteiger partial charge in [-0.15, -0.1) is 0 Å². The number of rotatable bonds is 2. The number of aryl methyl sites for hydroxylation is 1. The quantitative estimate of drug-likeness (QED) is 0.714. The van der Waals surface area contributed by atoms with Crippen LogP contribution in [0.4, 0.5) is 0 Å². The first-order valence-electron chi connectivity index (χ1n) is 4.95. The Balaban J connectivity index is 2.29. The molecular formula is C11H13BO2. The largest absolute Gasteiger partial charge is 0.493 e. The van der Waals surface area contributed by atoms with E-state index >= 15 is 0 Å². The van der Waals surface area contributed by atoms with Crippen molar-refractivity contribution in [2.75, 3.05) is 6.61 Å². The van der Waals surface area contributed by atoms with Crippen LogP contribution in [-0.2, 0) is 6.42 Å². The van der Waals surface area contributed by atoms with E-state index in [1.807, 2.05) is 18.2 Å². The summed E-state index contributed by atoms with van der Waals surface area (Å²) in [7, 11) is 5.40.